The molecule has 2 aromatic rings. The minimum absolute atomic E-state index is 0.0427. The molecule has 0 aliphatic carbocycles. The fourth-order valence-electron chi connectivity index (χ4n) is 1.78. The number of ether oxygens (including phenoxy) is 1. The lowest BCUT2D eigenvalue weighted by atomic mass is 10.2. The number of hydrogen-bond acceptors (Lipinski definition) is 3. The summed E-state index contributed by atoms with van der Waals surface area (Å²) < 4.78 is 29.1. The highest BCUT2D eigenvalue weighted by Crippen LogP contribution is 2.31. The second-order valence-corrected chi connectivity index (χ2v) is 5.51. The minimum Gasteiger partial charge on any atom is -0.433 e. The highest BCUT2D eigenvalue weighted by atomic mass is 32.1. The van der Waals surface area contributed by atoms with Crippen LogP contribution in [0.1, 0.15) is 22.7 Å². The van der Waals surface area contributed by atoms with Crippen LogP contribution in [0.2, 0.25) is 0 Å². The first kappa shape index (κ1) is 13.8. The van der Waals surface area contributed by atoms with E-state index >= 15 is 0 Å². The van der Waals surface area contributed by atoms with Crippen molar-refractivity contribution in [3.8, 4) is 5.75 Å². The molecule has 1 N–H and O–H groups in total. The fraction of sp³-hybridized carbons (Fsp3) is 0.286. The number of thiophene rings is 1. The van der Waals surface area contributed by atoms with Gasteiger partial charge in [-0.2, -0.15) is 8.78 Å². The van der Waals surface area contributed by atoms with Crippen LogP contribution >= 0.6 is 11.3 Å². The number of hydrogen-bond donors (Lipinski definition) is 1. The molecule has 0 saturated carbocycles. The number of anilines is 1. The zero-order chi connectivity index (χ0) is 13.8. The summed E-state index contributed by atoms with van der Waals surface area (Å²) in [5.41, 5.74) is 0.571. The van der Waals surface area contributed by atoms with E-state index in [0.717, 1.165) is 4.88 Å². The van der Waals surface area contributed by atoms with Gasteiger partial charge in [0.05, 0.1) is 11.7 Å². The molecule has 2 rings (SSSR count). The van der Waals surface area contributed by atoms with Crippen molar-refractivity contribution in [3.63, 3.8) is 0 Å². The quantitative estimate of drug-likeness (QED) is 0.848. The summed E-state index contributed by atoms with van der Waals surface area (Å²) >= 11 is 1.68. The smallest absolute Gasteiger partial charge is 0.387 e. The van der Waals surface area contributed by atoms with Gasteiger partial charge in [-0.3, -0.25) is 0 Å². The third-order valence-corrected chi connectivity index (χ3v) is 3.85. The summed E-state index contributed by atoms with van der Waals surface area (Å²) in [6.07, 6.45) is 0. The van der Waals surface area contributed by atoms with Gasteiger partial charge in [0, 0.05) is 9.75 Å². The van der Waals surface area contributed by atoms with Crippen molar-refractivity contribution in [2.24, 2.45) is 0 Å². The monoisotopic (exact) mass is 283 g/mol. The van der Waals surface area contributed by atoms with Crippen molar-refractivity contribution in [2.75, 3.05) is 5.32 Å². The average Bonchev–Trinajstić information content (AvgIpc) is 2.78. The number of benzene rings is 1. The number of halogens is 2. The largest absolute Gasteiger partial charge is 0.433 e. The summed E-state index contributed by atoms with van der Waals surface area (Å²) in [4.78, 5) is 2.38. The molecule has 1 aromatic heterocycles. The molecule has 1 atom stereocenters. The maximum absolute atomic E-state index is 12.3. The van der Waals surface area contributed by atoms with Crippen LogP contribution in [0.15, 0.2) is 36.4 Å². The summed E-state index contributed by atoms with van der Waals surface area (Å²) in [5.74, 6) is 0.164. The van der Waals surface area contributed by atoms with E-state index in [0.29, 0.717) is 5.69 Å². The van der Waals surface area contributed by atoms with Gasteiger partial charge in [0.25, 0.3) is 0 Å². The van der Waals surface area contributed by atoms with Gasteiger partial charge in [-0.25, -0.2) is 0 Å². The Labute approximate surface area is 115 Å². The molecule has 0 amide bonds. The van der Waals surface area contributed by atoms with Crippen LogP contribution in [-0.4, -0.2) is 6.61 Å². The van der Waals surface area contributed by atoms with Crippen LogP contribution in [0.5, 0.6) is 5.75 Å². The number of aryl methyl sites for hydroxylation is 1. The Hall–Kier alpha value is -1.62. The minimum atomic E-state index is -2.82. The molecule has 1 heterocycles. The zero-order valence-corrected chi connectivity index (χ0v) is 11.5. The topological polar surface area (TPSA) is 21.3 Å². The molecule has 102 valence electrons. The Bertz CT molecular complexity index is 542. The van der Waals surface area contributed by atoms with E-state index in [-0.39, 0.29) is 11.8 Å². The molecule has 0 aliphatic rings. The van der Waals surface area contributed by atoms with E-state index in [4.69, 9.17) is 0 Å². The highest BCUT2D eigenvalue weighted by molar-refractivity contribution is 7.12. The second kappa shape index (κ2) is 6.02. The number of para-hydroxylation sites is 2. The predicted molar refractivity (Wildman–Crippen MR) is 74.2 cm³/mol. The summed E-state index contributed by atoms with van der Waals surface area (Å²) in [6, 6.07) is 10.8. The molecule has 0 saturated heterocycles. The van der Waals surface area contributed by atoms with Crippen LogP contribution in [-0.2, 0) is 0 Å². The van der Waals surface area contributed by atoms with Crippen molar-refractivity contribution in [1.29, 1.82) is 0 Å². The molecule has 0 spiro atoms. The van der Waals surface area contributed by atoms with Gasteiger partial charge in [-0.1, -0.05) is 12.1 Å². The second-order valence-electron chi connectivity index (χ2n) is 4.19. The molecule has 1 unspecified atom stereocenters. The Balaban J connectivity index is 2.14. The van der Waals surface area contributed by atoms with Gasteiger partial charge in [0.1, 0.15) is 5.75 Å². The zero-order valence-electron chi connectivity index (χ0n) is 10.7. The Morgan fingerprint density at radius 1 is 1.16 bits per heavy atom. The fourth-order valence-corrected chi connectivity index (χ4v) is 2.65. The molecule has 0 bridgehead atoms. The maximum atomic E-state index is 12.3. The summed E-state index contributed by atoms with van der Waals surface area (Å²) in [6.45, 7) is 1.21. The van der Waals surface area contributed by atoms with Crippen LogP contribution < -0.4 is 10.1 Å². The molecular weight excluding hydrogens is 268 g/mol. The van der Waals surface area contributed by atoms with Crippen molar-refractivity contribution in [2.45, 2.75) is 26.5 Å². The van der Waals surface area contributed by atoms with E-state index in [1.54, 1.807) is 29.5 Å². The van der Waals surface area contributed by atoms with Crippen LogP contribution in [0, 0.1) is 6.92 Å². The SMILES string of the molecule is Cc1ccc(C(C)Nc2ccccc2OC(F)F)s1. The summed E-state index contributed by atoms with van der Waals surface area (Å²) in [5, 5.41) is 3.20. The Morgan fingerprint density at radius 2 is 1.89 bits per heavy atom. The van der Waals surface area contributed by atoms with Crippen LogP contribution in [0.25, 0.3) is 0 Å². The molecule has 0 aliphatic heterocycles. The molecule has 1 aromatic carbocycles. The van der Waals surface area contributed by atoms with Gasteiger partial charge in [0.15, 0.2) is 0 Å². The van der Waals surface area contributed by atoms with Crippen molar-refractivity contribution in [3.05, 3.63) is 46.2 Å². The third kappa shape index (κ3) is 3.67. The first-order valence-electron chi connectivity index (χ1n) is 5.93. The number of rotatable bonds is 5. The lowest BCUT2D eigenvalue weighted by Crippen LogP contribution is -2.09. The van der Waals surface area contributed by atoms with Gasteiger partial charge in [-0.05, 0) is 38.1 Å². The average molecular weight is 283 g/mol. The first-order valence-corrected chi connectivity index (χ1v) is 6.74. The van der Waals surface area contributed by atoms with E-state index < -0.39 is 6.61 Å². The van der Waals surface area contributed by atoms with E-state index in [1.165, 1.54) is 10.9 Å². The normalized spacial score (nSPS) is 12.5. The molecule has 0 fully saturated rings. The lowest BCUT2D eigenvalue weighted by Gasteiger charge is -2.17. The first-order chi connectivity index (χ1) is 9.06. The molecule has 0 radical (unpaired) electrons. The van der Waals surface area contributed by atoms with E-state index in [1.807, 2.05) is 26.0 Å². The van der Waals surface area contributed by atoms with Crippen molar-refractivity contribution >= 4 is 17.0 Å². The highest BCUT2D eigenvalue weighted by Gasteiger charge is 2.12. The molecule has 5 heteroatoms. The van der Waals surface area contributed by atoms with Crippen LogP contribution in [0.4, 0.5) is 14.5 Å². The van der Waals surface area contributed by atoms with Gasteiger partial charge in [-0.15, -0.1) is 11.3 Å². The number of alkyl halides is 2. The lowest BCUT2D eigenvalue weighted by molar-refractivity contribution is -0.0493. The van der Waals surface area contributed by atoms with Crippen molar-refractivity contribution in [1.82, 2.24) is 0 Å². The summed E-state index contributed by atoms with van der Waals surface area (Å²) in [7, 11) is 0. The van der Waals surface area contributed by atoms with Gasteiger partial charge >= 0.3 is 6.61 Å². The van der Waals surface area contributed by atoms with Crippen molar-refractivity contribution < 1.29 is 13.5 Å². The third-order valence-electron chi connectivity index (χ3n) is 2.66. The van der Waals surface area contributed by atoms with Gasteiger partial charge in [0.2, 0.25) is 0 Å². The molecule has 19 heavy (non-hydrogen) atoms. The number of nitrogens with one attached hydrogen (secondary N) is 1. The Morgan fingerprint density at radius 3 is 2.53 bits per heavy atom. The maximum Gasteiger partial charge on any atom is 0.387 e. The molecule has 2 nitrogen and oxygen atoms in total. The van der Waals surface area contributed by atoms with Crippen LogP contribution in [0.3, 0.4) is 0 Å². The Kier molecular flexibility index (Phi) is 4.37. The van der Waals surface area contributed by atoms with Gasteiger partial charge < -0.3 is 10.1 Å². The molecular formula is C14H15F2NOS. The van der Waals surface area contributed by atoms with E-state index in [2.05, 4.69) is 10.1 Å². The standard InChI is InChI=1S/C14H15F2NOS/c1-9-7-8-13(19-9)10(2)17-11-5-3-4-6-12(11)18-14(15)16/h3-8,10,14,17H,1-2H3. The predicted octanol–water partition coefficient (Wildman–Crippen LogP) is 4.83. The van der Waals surface area contributed by atoms with E-state index in [9.17, 15) is 8.78 Å².